The van der Waals surface area contributed by atoms with Crippen molar-refractivity contribution < 1.29 is 14.7 Å². The zero-order valence-corrected chi connectivity index (χ0v) is 15.2. The number of pyridine rings is 1. The molecule has 1 aromatic heterocycles. The average Bonchev–Trinajstić information content (AvgIpc) is 3.01. The van der Waals surface area contributed by atoms with Gasteiger partial charge in [-0.05, 0) is 30.5 Å². The Kier molecular flexibility index (Phi) is 4.44. The largest absolute Gasteiger partial charge is 0.387 e. The number of carbonyl (C=O) groups is 2. The zero-order chi connectivity index (χ0) is 19.0. The number of carbonyl (C=O) groups excluding carboxylic acids is 2. The molecule has 0 bridgehead atoms. The van der Waals surface area contributed by atoms with Crippen LogP contribution in [0.15, 0.2) is 42.5 Å². The van der Waals surface area contributed by atoms with Gasteiger partial charge in [-0.1, -0.05) is 36.8 Å². The first-order valence-corrected chi connectivity index (χ1v) is 9.31. The molecule has 27 heavy (non-hydrogen) atoms. The third kappa shape index (κ3) is 3.32. The number of nitrogens with one attached hydrogen (secondary N) is 2. The quantitative estimate of drug-likeness (QED) is 0.752. The van der Waals surface area contributed by atoms with Crippen molar-refractivity contribution in [1.82, 2.24) is 15.6 Å². The van der Waals surface area contributed by atoms with Crippen LogP contribution in [0.2, 0.25) is 0 Å². The van der Waals surface area contributed by atoms with Gasteiger partial charge in [-0.25, -0.2) is 4.98 Å². The second-order valence-electron chi connectivity index (χ2n) is 7.41. The molecule has 2 amide bonds. The summed E-state index contributed by atoms with van der Waals surface area (Å²) in [6.07, 6.45) is 3.22. The summed E-state index contributed by atoms with van der Waals surface area (Å²) in [5.74, 6) is -0.448. The molecule has 1 aromatic carbocycles. The van der Waals surface area contributed by atoms with Gasteiger partial charge in [0.05, 0.1) is 11.6 Å². The van der Waals surface area contributed by atoms with Gasteiger partial charge in [0.15, 0.2) is 0 Å². The Morgan fingerprint density at radius 1 is 1.22 bits per heavy atom. The Morgan fingerprint density at radius 2 is 2.00 bits per heavy atom. The van der Waals surface area contributed by atoms with E-state index in [2.05, 4.69) is 15.6 Å². The van der Waals surface area contributed by atoms with Gasteiger partial charge >= 0.3 is 0 Å². The predicted molar refractivity (Wildman–Crippen MR) is 100 cm³/mol. The van der Waals surface area contributed by atoms with E-state index in [1.807, 2.05) is 30.3 Å². The number of aliphatic hydroxyl groups is 1. The molecule has 0 spiro atoms. The van der Waals surface area contributed by atoms with E-state index in [1.165, 1.54) is 13.1 Å². The molecule has 0 radical (unpaired) electrons. The maximum atomic E-state index is 12.8. The number of benzene rings is 1. The van der Waals surface area contributed by atoms with Crippen molar-refractivity contribution in [3.05, 3.63) is 65.0 Å². The molecule has 0 unspecified atom stereocenters. The number of aromatic nitrogens is 1. The van der Waals surface area contributed by atoms with Crippen molar-refractivity contribution in [2.75, 3.05) is 7.05 Å². The highest BCUT2D eigenvalue weighted by Crippen LogP contribution is 2.55. The molecular formula is C21H23N3O3. The third-order valence-corrected chi connectivity index (χ3v) is 5.68. The van der Waals surface area contributed by atoms with Gasteiger partial charge in [-0.3, -0.25) is 9.59 Å². The molecule has 0 aliphatic heterocycles. The SMILES string of the molecule is CNC(=O)c1cc(C(=O)N[C@@H]2[C@@H]3CCC[C@]23O)cc(Cc2ccccc2)n1. The topological polar surface area (TPSA) is 91.3 Å². The molecular weight excluding hydrogens is 342 g/mol. The highest BCUT2D eigenvalue weighted by molar-refractivity contribution is 5.99. The fourth-order valence-electron chi connectivity index (χ4n) is 4.18. The average molecular weight is 365 g/mol. The monoisotopic (exact) mass is 365 g/mol. The lowest BCUT2D eigenvalue weighted by atomic mass is 10.1. The van der Waals surface area contributed by atoms with E-state index < -0.39 is 5.60 Å². The summed E-state index contributed by atoms with van der Waals surface area (Å²) in [7, 11) is 1.54. The molecule has 2 aliphatic rings. The molecule has 6 heteroatoms. The normalized spacial score (nSPS) is 25.6. The molecule has 4 rings (SSSR count). The number of hydrogen-bond acceptors (Lipinski definition) is 4. The Morgan fingerprint density at radius 3 is 2.67 bits per heavy atom. The smallest absolute Gasteiger partial charge is 0.269 e. The molecule has 3 atom stereocenters. The summed E-state index contributed by atoms with van der Waals surface area (Å²) >= 11 is 0. The van der Waals surface area contributed by atoms with E-state index in [1.54, 1.807) is 6.07 Å². The standard InChI is InChI=1S/C21H23N3O3/c1-22-20(26)17-12-14(11-15(23-17)10-13-6-3-2-4-7-13)19(25)24-18-16-8-5-9-21(16,18)27/h2-4,6-7,11-12,16,18,27H,5,8-10H2,1H3,(H,22,26)(H,24,25)/t16-,18+,21+/m0/s1. The first kappa shape index (κ1) is 17.7. The summed E-state index contributed by atoms with van der Waals surface area (Å²) in [4.78, 5) is 29.3. The van der Waals surface area contributed by atoms with Crippen LogP contribution in [0.5, 0.6) is 0 Å². The summed E-state index contributed by atoms with van der Waals surface area (Å²) in [5.41, 5.74) is 1.58. The molecule has 1 heterocycles. The second kappa shape index (κ2) is 6.78. The molecule has 140 valence electrons. The van der Waals surface area contributed by atoms with Crippen molar-refractivity contribution in [3.63, 3.8) is 0 Å². The van der Waals surface area contributed by atoms with Gasteiger partial charge in [0, 0.05) is 30.6 Å². The van der Waals surface area contributed by atoms with Gasteiger partial charge in [0.25, 0.3) is 11.8 Å². The predicted octanol–water partition coefficient (Wildman–Crippen LogP) is 1.68. The van der Waals surface area contributed by atoms with Crippen molar-refractivity contribution in [3.8, 4) is 0 Å². The van der Waals surface area contributed by atoms with Crippen LogP contribution in [0, 0.1) is 5.92 Å². The van der Waals surface area contributed by atoms with E-state index in [0.717, 1.165) is 24.8 Å². The maximum Gasteiger partial charge on any atom is 0.269 e. The maximum absolute atomic E-state index is 12.8. The lowest BCUT2D eigenvalue weighted by Gasteiger charge is -2.12. The molecule has 2 saturated carbocycles. The van der Waals surface area contributed by atoms with Crippen LogP contribution in [0.25, 0.3) is 0 Å². The second-order valence-corrected chi connectivity index (χ2v) is 7.41. The van der Waals surface area contributed by atoms with Crippen LogP contribution in [-0.4, -0.2) is 40.6 Å². The Balaban J connectivity index is 1.58. The molecule has 2 aliphatic carbocycles. The van der Waals surface area contributed by atoms with Crippen LogP contribution in [0.4, 0.5) is 0 Å². The van der Waals surface area contributed by atoms with Gasteiger partial charge in [-0.15, -0.1) is 0 Å². The molecule has 0 saturated heterocycles. The van der Waals surface area contributed by atoms with E-state index in [0.29, 0.717) is 17.7 Å². The highest BCUT2D eigenvalue weighted by Gasteiger charge is 2.66. The minimum absolute atomic E-state index is 0.158. The van der Waals surface area contributed by atoms with E-state index in [9.17, 15) is 14.7 Å². The van der Waals surface area contributed by atoms with E-state index in [-0.39, 0.29) is 29.5 Å². The molecule has 6 nitrogen and oxygen atoms in total. The highest BCUT2D eigenvalue weighted by atomic mass is 16.3. The Hall–Kier alpha value is -2.73. The number of amides is 2. The van der Waals surface area contributed by atoms with Crippen molar-refractivity contribution in [2.45, 2.75) is 37.3 Å². The Labute approximate surface area is 158 Å². The summed E-state index contributed by atoms with van der Waals surface area (Å²) < 4.78 is 0. The summed E-state index contributed by atoms with van der Waals surface area (Å²) in [6, 6.07) is 12.8. The van der Waals surface area contributed by atoms with Gasteiger partial charge in [0.2, 0.25) is 0 Å². The molecule has 2 aromatic rings. The minimum atomic E-state index is -0.737. The van der Waals surface area contributed by atoms with Crippen molar-refractivity contribution in [2.24, 2.45) is 5.92 Å². The third-order valence-electron chi connectivity index (χ3n) is 5.68. The zero-order valence-electron chi connectivity index (χ0n) is 15.2. The van der Waals surface area contributed by atoms with Gasteiger partial charge in [0.1, 0.15) is 5.69 Å². The lowest BCUT2D eigenvalue weighted by molar-refractivity contribution is 0.0902. The van der Waals surface area contributed by atoms with Gasteiger partial charge in [-0.2, -0.15) is 0 Å². The lowest BCUT2D eigenvalue weighted by Crippen LogP contribution is -2.33. The minimum Gasteiger partial charge on any atom is -0.387 e. The van der Waals surface area contributed by atoms with Crippen LogP contribution < -0.4 is 10.6 Å². The van der Waals surface area contributed by atoms with E-state index in [4.69, 9.17) is 0 Å². The van der Waals surface area contributed by atoms with Crippen LogP contribution >= 0.6 is 0 Å². The van der Waals surface area contributed by atoms with Crippen molar-refractivity contribution in [1.29, 1.82) is 0 Å². The first-order chi connectivity index (χ1) is 13.0. The van der Waals surface area contributed by atoms with Crippen LogP contribution in [-0.2, 0) is 6.42 Å². The summed E-state index contributed by atoms with van der Waals surface area (Å²) in [6.45, 7) is 0. The van der Waals surface area contributed by atoms with Gasteiger partial charge < -0.3 is 15.7 Å². The fraction of sp³-hybridized carbons (Fsp3) is 0.381. The van der Waals surface area contributed by atoms with Crippen LogP contribution in [0.3, 0.4) is 0 Å². The fourth-order valence-corrected chi connectivity index (χ4v) is 4.18. The first-order valence-electron chi connectivity index (χ1n) is 9.31. The number of fused-ring (bicyclic) bond motifs is 1. The van der Waals surface area contributed by atoms with Crippen molar-refractivity contribution >= 4 is 11.8 Å². The Bertz CT molecular complexity index is 883. The molecule has 2 fully saturated rings. The van der Waals surface area contributed by atoms with Crippen LogP contribution in [0.1, 0.15) is 51.4 Å². The number of nitrogens with zero attached hydrogens (tertiary/aromatic N) is 1. The number of hydrogen-bond donors (Lipinski definition) is 3. The van der Waals surface area contributed by atoms with E-state index >= 15 is 0 Å². The number of rotatable bonds is 5. The molecule has 3 N–H and O–H groups in total. The summed E-state index contributed by atoms with van der Waals surface area (Å²) in [5, 5.41) is 16.0.